The molecule has 6 rings (SSSR count). The van der Waals surface area contributed by atoms with Gasteiger partial charge in [-0.2, -0.15) is 0 Å². The molecule has 0 spiro atoms. The van der Waals surface area contributed by atoms with Gasteiger partial charge in [-0.1, -0.05) is 35.3 Å². The summed E-state index contributed by atoms with van der Waals surface area (Å²) in [6, 6.07) is 10.4. The van der Waals surface area contributed by atoms with Gasteiger partial charge in [0.15, 0.2) is 5.82 Å². The van der Waals surface area contributed by atoms with Crippen LogP contribution in [0.15, 0.2) is 42.6 Å². The third kappa shape index (κ3) is 7.22. The highest BCUT2D eigenvalue weighted by atomic mass is 35.5. The van der Waals surface area contributed by atoms with Crippen LogP contribution in [0.25, 0.3) is 22.4 Å². The Morgan fingerprint density at radius 3 is 2.58 bits per heavy atom. The maximum absolute atomic E-state index is 15.3. The number of imidazole rings is 1. The van der Waals surface area contributed by atoms with Gasteiger partial charge in [0.1, 0.15) is 11.6 Å². The number of hydrogen-bond donors (Lipinski definition) is 3. The molecule has 11 nitrogen and oxygen atoms in total. The molecule has 2 aliphatic rings. The molecule has 2 amide bonds. The molecule has 14 heteroatoms. The molecular weight excluding hydrogens is 684 g/mol. The predicted octanol–water partition coefficient (Wildman–Crippen LogP) is 5.31. The fourth-order valence-corrected chi connectivity index (χ4v) is 7.47. The summed E-state index contributed by atoms with van der Waals surface area (Å²) in [7, 11) is 3.31. The zero-order valence-corrected chi connectivity index (χ0v) is 29.7. The molecule has 0 bridgehead atoms. The molecule has 0 aliphatic carbocycles. The number of piperidine rings is 1. The molecule has 2 aliphatic heterocycles. The number of benzene rings is 2. The van der Waals surface area contributed by atoms with Gasteiger partial charge in [-0.05, 0) is 37.1 Å². The molecule has 50 heavy (non-hydrogen) atoms. The van der Waals surface area contributed by atoms with Crippen LogP contribution in [0.4, 0.5) is 10.1 Å². The van der Waals surface area contributed by atoms with E-state index in [4.69, 9.17) is 38.0 Å². The van der Waals surface area contributed by atoms with E-state index in [1.165, 1.54) is 13.2 Å². The normalized spacial score (nSPS) is 15.2. The Morgan fingerprint density at radius 1 is 1.10 bits per heavy atom. The van der Waals surface area contributed by atoms with Gasteiger partial charge in [-0.25, -0.2) is 9.37 Å². The molecular formula is C36H40Cl2FN7O4. The Labute approximate surface area is 300 Å². The second kappa shape index (κ2) is 15.4. The lowest BCUT2D eigenvalue weighted by atomic mass is 10.00. The van der Waals surface area contributed by atoms with E-state index in [-0.39, 0.29) is 35.0 Å². The van der Waals surface area contributed by atoms with Gasteiger partial charge < -0.3 is 29.9 Å². The monoisotopic (exact) mass is 723 g/mol. The van der Waals surface area contributed by atoms with Gasteiger partial charge in [0, 0.05) is 99.8 Å². The quantitative estimate of drug-likeness (QED) is 0.188. The van der Waals surface area contributed by atoms with E-state index in [9.17, 15) is 9.59 Å². The number of pyridine rings is 1. The number of carbonyl (C=O) groups is 2. The second-order valence-electron chi connectivity index (χ2n) is 12.5. The first-order valence-electron chi connectivity index (χ1n) is 16.6. The summed E-state index contributed by atoms with van der Waals surface area (Å²) in [5.74, 6) is -0.169. The molecule has 1 fully saturated rings. The SMILES string of the molecule is COc1cc(-c2nccc(-c3cccc(NC(=O)c4nc5c(n4C)CCN(C4CCN(C(C)=O)CC4)C5)c3Cl)c2Cl)cc(F)c1CNCCO. The standard InChI is InChI=1S/C36H40Cl2FN7O4/c1-21(48)45-13-8-23(9-14-45)46-15-10-30-29(20-46)42-35(44(30)2)36(49)43-28-6-4-5-24(32(28)37)25-7-11-41-34(33(25)38)22-17-27(39)26(19-40-12-16-47)31(18-22)50-3/h4-7,11,17-18,23,40,47H,8-10,12-16,19-20H2,1-3H3,(H,43,49). The Morgan fingerprint density at radius 2 is 1.86 bits per heavy atom. The summed E-state index contributed by atoms with van der Waals surface area (Å²) >= 11 is 13.8. The largest absolute Gasteiger partial charge is 0.496 e. The number of halogens is 3. The van der Waals surface area contributed by atoms with Gasteiger partial charge >= 0.3 is 0 Å². The van der Waals surface area contributed by atoms with E-state index in [1.54, 1.807) is 43.5 Å². The van der Waals surface area contributed by atoms with Gasteiger partial charge in [0.2, 0.25) is 5.91 Å². The first-order chi connectivity index (χ1) is 24.1. The van der Waals surface area contributed by atoms with Crippen molar-refractivity contribution in [2.45, 2.75) is 45.3 Å². The van der Waals surface area contributed by atoms with Crippen LogP contribution in [0.2, 0.25) is 10.0 Å². The van der Waals surface area contributed by atoms with Crippen LogP contribution in [0.5, 0.6) is 5.75 Å². The third-order valence-electron chi connectivity index (χ3n) is 9.58. The Kier molecular flexibility index (Phi) is 11.0. The number of rotatable bonds is 10. The van der Waals surface area contributed by atoms with E-state index in [2.05, 4.69) is 20.5 Å². The van der Waals surface area contributed by atoms with Crippen molar-refractivity contribution in [2.75, 3.05) is 45.2 Å². The molecule has 1 saturated heterocycles. The van der Waals surface area contributed by atoms with Gasteiger partial charge in [-0.15, -0.1) is 0 Å². The Balaban J connectivity index is 1.21. The van der Waals surface area contributed by atoms with Crippen LogP contribution in [-0.4, -0.2) is 87.2 Å². The number of fused-ring (bicyclic) bond motifs is 1. The van der Waals surface area contributed by atoms with E-state index in [0.29, 0.717) is 64.3 Å². The molecule has 3 N–H and O–H groups in total. The minimum absolute atomic E-state index is 0.0729. The zero-order chi connectivity index (χ0) is 35.5. The lowest BCUT2D eigenvalue weighted by molar-refractivity contribution is -0.130. The average Bonchev–Trinajstić information content (AvgIpc) is 3.45. The summed E-state index contributed by atoms with van der Waals surface area (Å²) in [6.07, 6.45) is 4.19. The first kappa shape index (κ1) is 35.7. The number of aromatic nitrogens is 3. The van der Waals surface area contributed by atoms with Crippen molar-refractivity contribution in [1.82, 2.24) is 29.7 Å². The lowest BCUT2D eigenvalue weighted by Crippen LogP contribution is -2.47. The number of hydrogen-bond acceptors (Lipinski definition) is 8. The molecule has 2 aromatic heterocycles. The number of carbonyl (C=O) groups excluding carboxylic acids is 2. The van der Waals surface area contributed by atoms with Crippen molar-refractivity contribution in [3.8, 4) is 28.1 Å². The molecule has 4 heterocycles. The van der Waals surface area contributed by atoms with Crippen molar-refractivity contribution in [3.63, 3.8) is 0 Å². The molecule has 0 unspecified atom stereocenters. The highest BCUT2D eigenvalue weighted by Gasteiger charge is 2.31. The van der Waals surface area contributed by atoms with E-state index in [1.807, 2.05) is 16.5 Å². The van der Waals surface area contributed by atoms with E-state index < -0.39 is 5.82 Å². The second-order valence-corrected chi connectivity index (χ2v) is 13.3. The molecule has 2 aromatic carbocycles. The van der Waals surface area contributed by atoms with Crippen molar-refractivity contribution >= 4 is 40.7 Å². The van der Waals surface area contributed by atoms with E-state index in [0.717, 1.165) is 50.3 Å². The number of aliphatic hydroxyl groups is 1. The molecule has 0 saturated carbocycles. The maximum Gasteiger partial charge on any atom is 0.291 e. The van der Waals surface area contributed by atoms with Gasteiger partial charge in [0.25, 0.3) is 5.91 Å². The van der Waals surface area contributed by atoms with Crippen molar-refractivity contribution in [2.24, 2.45) is 7.05 Å². The number of anilines is 1. The predicted molar refractivity (Wildman–Crippen MR) is 191 cm³/mol. The number of likely N-dealkylation sites (tertiary alicyclic amines) is 1. The average molecular weight is 725 g/mol. The summed E-state index contributed by atoms with van der Waals surface area (Å²) in [5, 5.41) is 15.5. The summed E-state index contributed by atoms with van der Waals surface area (Å²) < 4.78 is 22.6. The number of ether oxygens (including phenoxy) is 1. The third-order valence-corrected chi connectivity index (χ3v) is 10.4. The Bertz CT molecular complexity index is 1910. The van der Waals surface area contributed by atoms with Crippen LogP contribution in [0.3, 0.4) is 0 Å². The smallest absolute Gasteiger partial charge is 0.291 e. The van der Waals surface area contributed by atoms with Crippen LogP contribution in [0.1, 0.15) is 47.3 Å². The molecule has 264 valence electrons. The highest BCUT2D eigenvalue weighted by molar-refractivity contribution is 6.39. The van der Waals surface area contributed by atoms with Crippen LogP contribution >= 0.6 is 23.2 Å². The number of amides is 2. The minimum atomic E-state index is -0.505. The van der Waals surface area contributed by atoms with Crippen molar-refractivity contribution < 1.29 is 23.8 Å². The zero-order valence-electron chi connectivity index (χ0n) is 28.2. The fourth-order valence-electron chi connectivity index (χ4n) is 6.87. The minimum Gasteiger partial charge on any atom is -0.496 e. The van der Waals surface area contributed by atoms with Crippen molar-refractivity contribution in [1.29, 1.82) is 0 Å². The Hall–Kier alpha value is -4.07. The van der Waals surface area contributed by atoms with Crippen LogP contribution in [0, 0.1) is 5.82 Å². The molecule has 0 atom stereocenters. The van der Waals surface area contributed by atoms with Crippen LogP contribution in [-0.2, 0) is 31.4 Å². The highest BCUT2D eigenvalue weighted by Crippen LogP contribution is 2.41. The summed E-state index contributed by atoms with van der Waals surface area (Å²) in [6.45, 7) is 5.07. The maximum atomic E-state index is 15.3. The van der Waals surface area contributed by atoms with Gasteiger partial charge in [-0.3, -0.25) is 19.5 Å². The fraction of sp³-hybridized carbons (Fsp3) is 0.389. The lowest BCUT2D eigenvalue weighted by Gasteiger charge is -2.39. The van der Waals surface area contributed by atoms with E-state index >= 15 is 4.39 Å². The van der Waals surface area contributed by atoms with Crippen LogP contribution < -0.4 is 15.4 Å². The summed E-state index contributed by atoms with van der Waals surface area (Å²) in [5.41, 5.74) is 4.47. The number of nitrogens with zero attached hydrogens (tertiary/aromatic N) is 5. The van der Waals surface area contributed by atoms with Crippen molar-refractivity contribution in [3.05, 3.63) is 81.2 Å². The first-order valence-corrected chi connectivity index (χ1v) is 17.3. The number of aliphatic hydroxyl groups excluding tert-OH is 1. The van der Waals surface area contributed by atoms with Gasteiger partial charge in [0.05, 0.1) is 40.8 Å². The summed E-state index contributed by atoms with van der Waals surface area (Å²) in [4.78, 5) is 38.9. The topological polar surface area (TPSA) is 125 Å². The molecule has 0 radical (unpaired) electrons. The number of methoxy groups -OCH3 is 1. The molecule has 4 aromatic rings. The number of nitrogens with one attached hydrogen (secondary N) is 2.